The molecule has 0 aliphatic carbocycles. The zero-order valence-corrected chi connectivity index (χ0v) is 14.6. The third kappa shape index (κ3) is 4.86. The van der Waals surface area contributed by atoms with Crippen molar-refractivity contribution in [3.8, 4) is 5.75 Å². The molecule has 0 spiro atoms. The smallest absolute Gasteiger partial charge is 0.335 e. The normalized spacial score (nSPS) is 10.3. The van der Waals surface area contributed by atoms with Crippen LogP contribution in [0.4, 0.5) is 5.69 Å². The summed E-state index contributed by atoms with van der Waals surface area (Å²) in [7, 11) is 0. The fraction of sp³-hybridized carbons (Fsp3) is 0.136. The predicted molar refractivity (Wildman–Crippen MR) is 103 cm³/mol. The van der Waals surface area contributed by atoms with Crippen molar-refractivity contribution < 1.29 is 14.6 Å². The summed E-state index contributed by atoms with van der Waals surface area (Å²) >= 11 is 0. The van der Waals surface area contributed by atoms with Gasteiger partial charge in [0.05, 0.1) is 5.56 Å². The van der Waals surface area contributed by atoms with Gasteiger partial charge in [0.25, 0.3) is 0 Å². The fourth-order valence-corrected chi connectivity index (χ4v) is 2.53. The molecule has 3 aromatic rings. The van der Waals surface area contributed by atoms with E-state index < -0.39 is 5.97 Å². The Bertz CT molecular complexity index is 871. The van der Waals surface area contributed by atoms with Crippen molar-refractivity contribution in [3.05, 3.63) is 95.1 Å². The Hall–Kier alpha value is -3.27. The molecule has 0 bridgehead atoms. The Morgan fingerprint density at radius 3 is 2.38 bits per heavy atom. The van der Waals surface area contributed by atoms with E-state index in [-0.39, 0.29) is 5.56 Å². The van der Waals surface area contributed by atoms with Crippen LogP contribution >= 0.6 is 0 Å². The van der Waals surface area contributed by atoms with E-state index in [0.29, 0.717) is 13.2 Å². The molecule has 4 nitrogen and oxygen atoms in total. The first-order valence-electron chi connectivity index (χ1n) is 8.45. The van der Waals surface area contributed by atoms with Crippen LogP contribution in [0.2, 0.25) is 0 Å². The lowest BCUT2D eigenvalue weighted by atomic mass is 10.1. The molecule has 0 aliphatic heterocycles. The second-order valence-corrected chi connectivity index (χ2v) is 6.16. The predicted octanol–water partition coefficient (Wildman–Crippen LogP) is 4.88. The number of carboxylic acids is 1. The number of aromatic carboxylic acids is 1. The molecule has 26 heavy (non-hydrogen) atoms. The van der Waals surface area contributed by atoms with Crippen molar-refractivity contribution in [1.82, 2.24) is 0 Å². The van der Waals surface area contributed by atoms with Crippen molar-refractivity contribution in [2.24, 2.45) is 0 Å². The van der Waals surface area contributed by atoms with Gasteiger partial charge in [-0.1, -0.05) is 42.0 Å². The van der Waals surface area contributed by atoms with Crippen LogP contribution in [0, 0.1) is 6.92 Å². The molecule has 3 rings (SSSR count). The molecule has 0 radical (unpaired) electrons. The van der Waals surface area contributed by atoms with Crippen molar-refractivity contribution in [3.63, 3.8) is 0 Å². The summed E-state index contributed by atoms with van der Waals surface area (Å²) in [6.45, 7) is 3.23. The SMILES string of the molecule is Cc1ccc(COc2cccc(CNc3ccc(C(=O)O)cc3)c2)cc1. The van der Waals surface area contributed by atoms with E-state index in [4.69, 9.17) is 9.84 Å². The maximum Gasteiger partial charge on any atom is 0.335 e. The van der Waals surface area contributed by atoms with Gasteiger partial charge in [0.1, 0.15) is 12.4 Å². The van der Waals surface area contributed by atoms with Crippen LogP contribution in [-0.4, -0.2) is 11.1 Å². The van der Waals surface area contributed by atoms with Crippen molar-refractivity contribution in [2.45, 2.75) is 20.1 Å². The second kappa shape index (κ2) is 8.21. The first-order chi connectivity index (χ1) is 12.6. The first-order valence-corrected chi connectivity index (χ1v) is 8.45. The highest BCUT2D eigenvalue weighted by Gasteiger charge is 2.02. The Balaban J connectivity index is 1.56. The number of hydrogen-bond acceptors (Lipinski definition) is 3. The summed E-state index contributed by atoms with van der Waals surface area (Å²) in [4.78, 5) is 10.9. The minimum Gasteiger partial charge on any atom is -0.489 e. The van der Waals surface area contributed by atoms with Crippen molar-refractivity contribution in [2.75, 3.05) is 5.32 Å². The number of rotatable bonds is 7. The number of carboxylic acid groups (broad SMARTS) is 1. The number of nitrogens with one attached hydrogen (secondary N) is 1. The molecular formula is C22H21NO3. The second-order valence-electron chi connectivity index (χ2n) is 6.16. The van der Waals surface area contributed by atoms with Crippen LogP contribution in [0.5, 0.6) is 5.75 Å². The number of aryl methyl sites for hydroxylation is 1. The Morgan fingerprint density at radius 2 is 1.69 bits per heavy atom. The summed E-state index contributed by atoms with van der Waals surface area (Å²) in [5.74, 6) is -0.0962. The topological polar surface area (TPSA) is 58.6 Å². The van der Waals surface area contributed by atoms with Crippen molar-refractivity contribution in [1.29, 1.82) is 0 Å². The number of hydrogen-bond donors (Lipinski definition) is 2. The Morgan fingerprint density at radius 1 is 0.962 bits per heavy atom. The fourth-order valence-electron chi connectivity index (χ4n) is 2.53. The van der Waals surface area contributed by atoms with Crippen LogP contribution < -0.4 is 10.1 Å². The molecule has 0 aromatic heterocycles. The molecule has 0 unspecified atom stereocenters. The molecule has 2 N–H and O–H groups in total. The number of ether oxygens (including phenoxy) is 1. The van der Waals surface area contributed by atoms with Gasteiger partial charge in [-0.2, -0.15) is 0 Å². The summed E-state index contributed by atoms with van der Waals surface area (Å²) < 4.78 is 5.87. The van der Waals surface area contributed by atoms with E-state index in [0.717, 1.165) is 22.6 Å². The number of benzene rings is 3. The van der Waals surface area contributed by atoms with E-state index in [2.05, 4.69) is 36.5 Å². The van der Waals surface area contributed by atoms with Gasteiger partial charge >= 0.3 is 5.97 Å². The quantitative estimate of drug-likeness (QED) is 0.639. The minimum atomic E-state index is -0.921. The van der Waals surface area contributed by atoms with Crippen LogP contribution in [0.15, 0.2) is 72.8 Å². The Labute approximate surface area is 153 Å². The highest BCUT2D eigenvalue weighted by molar-refractivity contribution is 5.87. The third-order valence-electron chi connectivity index (χ3n) is 4.05. The number of anilines is 1. The van der Waals surface area contributed by atoms with Gasteiger partial charge in [0.2, 0.25) is 0 Å². The molecule has 132 valence electrons. The molecule has 0 aliphatic rings. The molecular weight excluding hydrogens is 326 g/mol. The summed E-state index contributed by atoms with van der Waals surface area (Å²) in [5, 5.41) is 12.2. The first kappa shape index (κ1) is 17.5. The highest BCUT2D eigenvalue weighted by Crippen LogP contribution is 2.17. The summed E-state index contributed by atoms with van der Waals surface area (Å²) in [6.07, 6.45) is 0. The van der Waals surface area contributed by atoms with E-state index in [1.807, 2.05) is 24.3 Å². The molecule has 0 atom stereocenters. The summed E-state index contributed by atoms with van der Waals surface area (Å²) in [5.41, 5.74) is 4.62. The maximum absolute atomic E-state index is 10.9. The van der Waals surface area contributed by atoms with Gasteiger partial charge in [-0.15, -0.1) is 0 Å². The molecule has 4 heteroatoms. The van der Waals surface area contributed by atoms with E-state index >= 15 is 0 Å². The van der Waals surface area contributed by atoms with Gasteiger partial charge in [-0.25, -0.2) is 4.79 Å². The largest absolute Gasteiger partial charge is 0.489 e. The minimum absolute atomic E-state index is 0.280. The molecule has 3 aromatic carbocycles. The monoisotopic (exact) mass is 347 g/mol. The molecule has 0 saturated carbocycles. The van der Waals surface area contributed by atoms with Gasteiger partial charge < -0.3 is 15.2 Å². The van der Waals surface area contributed by atoms with Crippen LogP contribution in [-0.2, 0) is 13.2 Å². The molecule has 0 fully saturated rings. The van der Waals surface area contributed by atoms with Gasteiger partial charge in [0.15, 0.2) is 0 Å². The van der Waals surface area contributed by atoms with Gasteiger partial charge in [-0.3, -0.25) is 0 Å². The van der Waals surface area contributed by atoms with E-state index in [1.54, 1.807) is 24.3 Å². The number of carbonyl (C=O) groups is 1. The van der Waals surface area contributed by atoms with Crippen LogP contribution in [0.1, 0.15) is 27.0 Å². The lowest BCUT2D eigenvalue weighted by Crippen LogP contribution is -2.01. The standard InChI is InChI=1S/C22H21NO3/c1-16-5-7-17(8-6-16)15-26-21-4-2-3-18(13-21)14-23-20-11-9-19(10-12-20)22(24)25/h2-13,23H,14-15H2,1H3,(H,24,25). The lowest BCUT2D eigenvalue weighted by molar-refractivity contribution is 0.0697. The lowest BCUT2D eigenvalue weighted by Gasteiger charge is -2.10. The van der Waals surface area contributed by atoms with Gasteiger partial charge in [-0.05, 0) is 54.4 Å². The van der Waals surface area contributed by atoms with Crippen molar-refractivity contribution >= 4 is 11.7 Å². The average molecular weight is 347 g/mol. The molecule has 0 amide bonds. The summed E-state index contributed by atoms with van der Waals surface area (Å²) in [6, 6.07) is 22.9. The zero-order chi connectivity index (χ0) is 18.4. The maximum atomic E-state index is 10.9. The van der Waals surface area contributed by atoms with Crippen LogP contribution in [0.3, 0.4) is 0 Å². The third-order valence-corrected chi connectivity index (χ3v) is 4.05. The molecule has 0 heterocycles. The Kier molecular flexibility index (Phi) is 5.54. The average Bonchev–Trinajstić information content (AvgIpc) is 2.66. The van der Waals surface area contributed by atoms with E-state index in [1.165, 1.54) is 5.56 Å². The van der Waals surface area contributed by atoms with Crippen LogP contribution in [0.25, 0.3) is 0 Å². The van der Waals surface area contributed by atoms with Gasteiger partial charge in [0, 0.05) is 12.2 Å². The molecule has 0 saturated heterocycles. The highest BCUT2D eigenvalue weighted by atomic mass is 16.5. The van der Waals surface area contributed by atoms with E-state index in [9.17, 15) is 4.79 Å². The zero-order valence-electron chi connectivity index (χ0n) is 14.6.